The molecule has 2 rings (SSSR count). The fraction of sp³-hybridized carbons (Fsp3) is 0.250. The third-order valence-corrected chi connectivity index (χ3v) is 4.79. The molecule has 2 aromatic carbocycles. The summed E-state index contributed by atoms with van der Waals surface area (Å²) in [6, 6.07) is 12.0. The lowest BCUT2D eigenvalue weighted by Gasteiger charge is -2.29. The van der Waals surface area contributed by atoms with Crippen LogP contribution in [0.5, 0.6) is 5.75 Å². The highest BCUT2D eigenvalue weighted by atomic mass is 32.2. The summed E-state index contributed by atoms with van der Waals surface area (Å²) in [5.41, 5.74) is 1.18. The van der Waals surface area contributed by atoms with Crippen molar-refractivity contribution >= 4 is 10.1 Å². The third-order valence-electron chi connectivity index (χ3n) is 3.79. The number of rotatable bonds is 3. The molecule has 21 heavy (non-hydrogen) atoms. The van der Waals surface area contributed by atoms with Crippen LogP contribution in [0.3, 0.4) is 0 Å². The molecule has 0 fully saturated rings. The van der Waals surface area contributed by atoms with Gasteiger partial charge in [0, 0.05) is 11.0 Å². The zero-order chi connectivity index (χ0) is 15.8. The molecular formula is C16H18O4S. The Morgan fingerprint density at radius 2 is 1.57 bits per heavy atom. The van der Waals surface area contributed by atoms with Crippen LogP contribution < -0.4 is 0 Å². The van der Waals surface area contributed by atoms with Crippen LogP contribution in [0.2, 0.25) is 0 Å². The Morgan fingerprint density at radius 1 is 1.00 bits per heavy atom. The van der Waals surface area contributed by atoms with Gasteiger partial charge < -0.3 is 5.11 Å². The van der Waals surface area contributed by atoms with Crippen molar-refractivity contribution in [3.05, 3.63) is 59.2 Å². The van der Waals surface area contributed by atoms with Crippen molar-refractivity contribution in [2.75, 3.05) is 0 Å². The smallest absolute Gasteiger partial charge is 0.294 e. The molecule has 0 aromatic heterocycles. The van der Waals surface area contributed by atoms with Crippen LogP contribution in [-0.4, -0.2) is 18.1 Å². The van der Waals surface area contributed by atoms with E-state index in [0.29, 0.717) is 11.1 Å². The maximum Gasteiger partial charge on any atom is 0.294 e. The maximum atomic E-state index is 11.5. The Kier molecular flexibility index (Phi) is 3.82. The Balaban J connectivity index is 2.75. The van der Waals surface area contributed by atoms with Gasteiger partial charge in [-0.3, -0.25) is 4.55 Å². The Labute approximate surface area is 124 Å². The Morgan fingerprint density at radius 3 is 2.10 bits per heavy atom. The summed E-state index contributed by atoms with van der Waals surface area (Å²) in [6.45, 7) is 5.39. The average Bonchev–Trinajstić information content (AvgIpc) is 2.38. The summed E-state index contributed by atoms with van der Waals surface area (Å²) in [5, 5.41) is 10.2. The standard InChI is InChI=1S/C16H18O4S/c1-11-14(21(18,19)20)10-9-13(17)15(11)16(2,3)12-7-5-4-6-8-12/h4-10,17H,1-3H3,(H,18,19,20). The predicted molar refractivity (Wildman–Crippen MR) is 81.2 cm³/mol. The molecule has 112 valence electrons. The van der Waals surface area contributed by atoms with E-state index in [2.05, 4.69) is 0 Å². The molecule has 5 heteroatoms. The van der Waals surface area contributed by atoms with Gasteiger partial charge in [-0.15, -0.1) is 0 Å². The topological polar surface area (TPSA) is 74.6 Å². The van der Waals surface area contributed by atoms with Gasteiger partial charge in [-0.1, -0.05) is 44.2 Å². The van der Waals surface area contributed by atoms with E-state index < -0.39 is 15.5 Å². The Hall–Kier alpha value is -1.85. The van der Waals surface area contributed by atoms with Gasteiger partial charge in [-0.2, -0.15) is 8.42 Å². The van der Waals surface area contributed by atoms with Crippen molar-refractivity contribution in [1.29, 1.82) is 0 Å². The number of hydrogen-bond donors (Lipinski definition) is 2. The normalized spacial score (nSPS) is 12.4. The summed E-state index contributed by atoms with van der Waals surface area (Å²) in [6.07, 6.45) is 0. The highest BCUT2D eigenvalue weighted by Gasteiger charge is 2.30. The van der Waals surface area contributed by atoms with E-state index in [0.717, 1.165) is 5.56 Å². The zero-order valence-electron chi connectivity index (χ0n) is 12.2. The van der Waals surface area contributed by atoms with Gasteiger partial charge in [0.05, 0.1) is 4.90 Å². The monoisotopic (exact) mass is 306 g/mol. The summed E-state index contributed by atoms with van der Waals surface area (Å²) in [7, 11) is -4.33. The van der Waals surface area contributed by atoms with Crippen molar-refractivity contribution in [3.8, 4) is 5.75 Å². The molecule has 0 aliphatic rings. The Bertz CT molecular complexity index is 762. The van der Waals surface area contributed by atoms with E-state index in [9.17, 15) is 18.1 Å². The molecule has 0 aliphatic heterocycles. The molecule has 0 unspecified atom stereocenters. The average molecular weight is 306 g/mol. The first-order valence-corrected chi connectivity index (χ1v) is 7.96. The molecule has 0 atom stereocenters. The van der Waals surface area contributed by atoms with Crippen LogP contribution in [0.25, 0.3) is 0 Å². The summed E-state index contributed by atoms with van der Waals surface area (Å²) < 4.78 is 32.2. The van der Waals surface area contributed by atoms with Crippen molar-refractivity contribution in [3.63, 3.8) is 0 Å². The first-order chi connectivity index (χ1) is 9.65. The molecule has 0 aliphatic carbocycles. The summed E-state index contributed by atoms with van der Waals surface area (Å²) in [4.78, 5) is -0.181. The van der Waals surface area contributed by atoms with Gasteiger partial charge >= 0.3 is 0 Å². The molecule has 2 aromatic rings. The van der Waals surface area contributed by atoms with Gasteiger partial charge in [0.2, 0.25) is 0 Å². The van der Waals surface area contributed by atoms with Crippen LogP contribution >= 0.6 is 0 Å². The van der Waals surface area contributed by atoms with Gasteiger partial charge in [-0.25, -0.2) is 0 Å². The van der Waals surface area contributed by atoms with E-state index in [-0.39, 0.29) is 10.6 Å². The first-order valence-electron chi connectivity index (χ1n) is 6.52. The second kappa shape index (κ2) is 5.16. The van der Waals surface area contributed by atoms with Gasteiger partial charge in [-0.05, 0) is 30.2 Å². The zero-order valence-corrected chi connectivity index (χ0v) is 13.0. The molecule has 0 bridgehead atoms. The van der Waals surface area contributed by atoms with E-state index in [1.54, 1.807) is 6.92 Å². The molecule has 0 spiro atoms. The molecule has 0 amide bonds. The molecule has 0 heterocycles. The summed E-state index contributed by atoms with van der Waals surface area (Å²) >= 11 is 0. The molecule has 0 radical (unpaired) electrons. The number of hydrogen-bond acceptors (Lipinski definition) is 3. The van der Waals surface area contributed by atoms with E-state index in [4.69, 9.17) is 0 Å². The van der Waals surface area contributed by atoms with Gasteiger partial charge in [0.15, 0.2) is 0 Å². The fourth-order valence-electron chi connectivity index (χ4n) is 2.75. The third kappa shape index (κ3) is 2.80. The quantitative estimate of drug-likeness (QED) is 0.853. The SMILES string of the molecule is Cc1c(S(=O)(=O)O)ccc(O)c1C(C)(C)c1ccccc1. The molecular weight excluding hydrogens is 288 g/mol. The minimum Gasteiger partial charge on any atom is -0.508 e. The predicted octanol–water partition coefficient (Wildman–Crippen LogP) is 3.27. The number of phenols is 1. The van der Waals surface area contributed by atoms with Crippen LogP contribution in [0.4, 0.5) is 0 Å². The van der Waals surface area contributed by atoms with Crippen molar-refractivity contribution in [2.24, 2.45) is 0 Å². The van der Waals surface area contributed by atoms with Crippen molar-refractivity contribution in [1.82, 2.24) is 0 Å². The van der Waals surface area contributed by atoms with Crippen molar-refractivity contribution < 1.29 is 18.1 Å². The van der Waals surface area contributed by atoms with Crippen LogP contribution in [0, 0.1) is 6.92 Å². The number of phenolic OH excluding ortho intramolecular Hbond substituents is 1. The fourth-order valence-corrected chi connectivity index (χ4v) is 3.47. The molecule has 0 saturated carbocycles. The highest BCUT2D eigenvalue weighted by molar-refractivity contribution is 7.85. The molecule has 0 saturated heterocycles. The largest absolute Gasteiger partial charge is 0.508 e. The lowest BCUT2D eigenvalue weighted by atomic mass is 9.76. The second-order valence-electron chi connectivity index (χ2n) is 5.55. The van der Waals surface area contributed by atoms with Crippen LogP contribution in [0.1, 0.15) is 30.5 Å². The lowest BCUT2D eigenvalue weighted by molar-refractivity contribution is 0.449. The van der Waals surface area contributed by atoms with E-state index in [1.165, 1.54) is 12.1 Å². The van der Waals surface area contributed by atoms with E-state index >= 15 is 0 Å². The minimum absolute atomic E-state index is 0.00810. The second-order valence-corrected chi connectivity index (χ2v) is 6.94. The number of aromatic hydroxyl groups is 1. The minimum atomic E-state index is -4.33. The molecule has 2 N–H and O–H groups in total. The van der Waals surface area contributed by atoms with Crippen LogP contribution in [-0.2, 0) is 15.5 Å². The number of benzene rings is 2. The summed E-state index contributed by atoms with van der Waals surface area (Å²) in [5.74, 6) is 0.00810. The van der Waals surface area contributed by atoms with Gasteiger partial charge in [0.25, 0.3) is 10.1 Å². The van der Waals surface area contributed by atoms with E-state index in [1.807, 2.05) is 44.2 Å². The highest BCUT2D eigenvalue weighted by Crippen LogP contribution is 2.40. The lowest BCUT2D eigenvalue weighted by Crippen LogP contribution is -2.21. The first kappa shape index (κ1) is 15.5. The van der Waals surface area contributed by atoms with Crippen molar-refractivity contribution in [2.45, 2.75) is 31.1 Å². The van der Waals surface area contributed by atoms with Gasteiger partial charge in [0.1, 0.15) is 5.75 Å². The maximum absolute atomic E-state index is 11.5. The molecule has 4 nitrogen and oxygen atoms in total. The van der Waals surface area contributed by atoms with Crippen LogP contribution in [0.15, 0.2) is 47.4 Å².